The number of aliphatic hydroxyl groups is 1. The number of aryl methyl sites for hydroxylation is 1. The van der Waals surface area contributed by atoms with Gasteiger partial charge >= 0.3 is 0 Å². The Hall–Kier alpha value is -2.36. The van der Waals surface area contributed by atoms with Crippen LogP contribution in [0.5, 0.6) is 0 Å². The Labute approximate surface area is 177 Å². The lowest BCUT2D eigenvalue weighted by Crippen LogP contribution is -2.32. The van der Waals surface area contributed by atoms with E-state index in [1.165, 1.54) is 0 Å². The molecule has 7 nitrogen and oxygen atoms in total. The molecule has 0 amide bonds. The number of aliphatic hydroxyl groups excluding tert-OH is 1. The van der Waals surface area contributed by atoms with E-state index in [0.717, 1.165) is 33.5 Å². The predicted molar refractivity (Wildman–Crippen MR) is 124 cm³/mol. The largest absolute Gasteiger partial charge is 0.395 e. The van der Waals surface area contributed by atoms with Crippen molar-refractivity contribution in [3.63, 3.8) is 0 Å². The summed E-state index contributed by atoms with van der Waals surface area (Å²) in [7, 11) is -2.83. The van der Waals surface area contributed by atoms with E-state index >= 15 is 0 Å². The average molecular weight is 429 g/mol. The molecular weight excluding hydrogens is 400 g/mol. The highest BCUT2D eigenvalue weighted by atomic mass is 32.3. The summed E-state index contributed by atoms with van der Waals surface area (Å²) in [6.45, 7) is 3.41. The lowest BCUT2D eigenvalue weighted by atomic mass is 10.1. The number of nitrogens with two attached hydrogens (primary N) is 1. The van der Waals surface area contributed by atoms with E-state index in [1.807, 2.05) is 43.3 Å². The maximum Gasteiger partial charge on any atom is 0.131 e. The van der Waals surface area contributed by atoms with Crippen molar-refractivity contribution in [2.75, 3.05) is 35.7 Å². The number of hydrogen-bond donors (Lipinski definition) is 5. The van der Waals surface area contributed by atoms with Crippen LogP contribution in [0.2, 0.25) is 0 Å². The van der Waals surface area contributed by atoms with Crippen molar-refractivity contribution in [3.8, 4) is 0 Å². The Morgan fingerprint density at radius 3 is 2.80 bits per heavy atom. The van der Waals surface area contributed by atoms with Gasteiger partial charge in [-0.25, -0.2) is 4.98 Å². The molecule has 1 aliphatic heterocycles. The minimum absolute atomic E-state index is 0.0946. The van der Waals surface area contributed by atoms with Crippen LogP contribution < -0.4 is 16.0 Å². The second-order valence-corrected chi connectivity index (χ2v) is 9.95. The third-order valence-corrected chi connectivity index (χ3v) is 7.25. The Bertz CT molecular complexity index is 1060. The summed E-state index contributed by atoms with van der Waals surface area (Å²) in [5.41, 5.74) is 9.66. The third kappa shape index (κ3) is 4.23. The Balaban J connectivity index is 1.74. The van der Waals surface area contributed by atoms with Crippen LogP contribution in [0.1, 0.15) is 11.1 Å². The van der Waals surface area contributed by atoms with Crippen molar-refractivity contribution in [2.45, 2.75) is 24.4 Å². The van der Waals surface area contributed by atoms with E-state index in [2.05, 4.69) is 16.3 Å². The highest BCUT2D eigenvalue weighted by Crippen LogP contribution is 2.51. The zero-order chi connectivity index (χ0) is 21.3. The Morgan fingerprint density at radius 2 is 2.00 bits per heavy atom. The molecule has 3 aromatic rings. The summed E-state index contributed by atoms with van der Waals surface area (Å²) in [4.78, 5) is 7.56. The van der Waals surface area contributed by atoms with E-state index in [9.17, 15) is 14.2 Å². The van der Waals surface area contributed by atoms with Gasteiger partial charge in [-0.05, 0) is 30.7 Å². The molecule has 6 N–H and O–H groups in total. The first-order valence-electron chi connectivity index (χ1n) is 9.98. The lowest BCUT2D eigenvalue weighted by Gasteiger charge is -2.32. The number of aromatic nitrogens is 1. The summed E-state index contributed by atoms with van der Waals surface area (Å²) in [6, 6.07) is 15.2. The van der Waals surface area contributed by atoms with Gasteiger partial charge in [-0.2, -0.15) is 10.6 Å². The van der Waals surface area contributed by atoms with Crippen LogP contribution in [-0.4, -0.2) is 50.7 Å². The van der Waals surface area contributed by atoms with Crippen LogP contribution >= 0.6 is 10.6 Å². The van der Waals surface area contributed by atoms with Gasteiger partial charge in [0, 0.05) is 42.8 Å². The highest BCUT2D eigenvalue weighted by Gasteiger charge is 2.26. The summed E-state index contributed by atoms with van der Waals surface area (Å²) >= 11 is 0. The number of nitrogens with one attached hydrogen (secondary N) is 1. The molecule has 160 valence electrons. The van der Waals surface area contributed by atoms with Gasteiger partial charge in [0.05, 0.1) is 22.8 Å². The Kier molecular flexibility index (Phi) is 5.86. The first-order chi connectivity index (χ1) is 14.4. The topological polar surface area (TPSA) is 115 Å². The number of nitrogens with zero attached hydrogens (tertiary/aromatic N) is 2. The number of benzene rings is 2. The molecule has 2 aromatic carbocycles. The van der Waals surface area contributed by atoms with Crippen LogP contribution in [0.4, 0.5) is 11.5 Å². The minimum atomic E-state index is -2.83. The number of rotatable bonds is 5. The molecule has 8 heteroatoms. The van der Waals surface area contributed by atoms with Gasteiger partial charge in [0.2, 0.25) is 0 Å². The quantitative estimate of drug-likeness (QED) is 0.423. The molecule has 0 spiro atoms. The van der Waals surface area contributed by atoms with Crippen molar-refractivity contribution in [3.05, 3.63) is 59.7 Å². The van der Waals surface area contributed by atoms with E-state index in [-0.39, 0.29) is 18.4 Å². The molecule has 30 heavy (non-hydrogen) atoms. The Morgan fingerprint density at radius 1 is 1.20 bits per heavy atom. The minimum Gasteiger partial charge on any atom is -0.395 e. The van der Waals surface area contributed by atoms with Crippen LogP contribution in [0.15, 0.2) is 53.4 Å². The van der Waals surface area contributed by atoms with Gasteiger partial charge in [0.25, 0.3) is 0 Å². The fraction of sp³-hybridized carbons (Fsp3) is 0.318. The fourth-order valence-corrected chi connectivity index (χ4v) is 5.26. The molecule has 4 rings (SSSR count). The van der Waals surface area contributed by atoms with Crippen LogP contribution in [0, 0.1) is 6.92 Å². The predicted octanol–water partition coefficient (Wildman–Crippen LogP) is 3.40. The first-order valence-corrected chi connectivity index (χ1v) is 11.7. The summed E-state index contributed by atoms with van der Waals surface area (Å²) in [5, 5.41) is 13.6. The summed E-state index contributed by atoms with van der Waals surface area (Å²) in [6.07, 6.45) is 0. The van der Waals surface area contributed by atoms with Gasteiger partial charge in [-0.3, -0.25) is 9.11 Å². The molecule has 1 aliphatic rings. The van der Waals surface area contributed by atoms with Crippen molar-refractivity contribution in [2.24, 2.45) is 5.73 Å². The SMILES string of the molecule is Cc1ccc2nc(N3CCS(O)(O)c4ccccc4C3)cc(NC[C@@H](N)CO)c2c1. The number of pyridine rings is 1. The molecule has 0 saturated heterocycles. The average Bonchev–Trinajstić information content (AvgIpc) is 2.88. The van der Waals surface area contributed by atoms with Crippen molar-refractivity contribution in [1.29, 1.82) is 0 Å². The van der Waals surface area contributed by atoms with Crippen molar-refractivity contribution >= 4 is 33.0 Å². The number of hydrogen-bond acceptors (Lipinski definition) is 7. The second kappa shape index (κ2) is 8.41. The monoisotopic (exact) mass is 428 g/mol. The van der Waals surface area contributed by atoms with Gasteiger partial charge in [0.15, 0.2) is 0 Å². The van der Waals surface area contributed by atoms with E-state index in [0.29, 0.717) is 24.5 Å². The van der Waals surface area contributed by atoms with Crippen molar-refractivity contribution in [1.82, 2.24) is 4.98 Å². The molecule has 0 radical (unpaired) electrons. The van der Waals surface area contributed by atoms with Crippen LogP contribution in [0.25, 0.3) is 10.9 Å². The molecule has 0 fully saturated rings. The summed E-state index contributed by atoms with van der Waals surface area (Å²) in [5.74, 6) is 1.02. The standard InChI is InChI=1S/C22H28N4O3S/c1-15-6-7-19-18(10-15)20(24-12-17(23)14-27)11-22(25-19)26-8-9-30(28,29)21-5-3-2-4-16(21)13-26/h2-7,10-11,17,27-29H,8-9,12-14,23H2,1H3,(H,24,25)/t17-/m1/s1. The molecule has 1 aromatic heterocycles. The van der Waals surface area contributed by atoms with E-state index in [1.54, 1.807) is 6.07 Å². The zero-order valence-electron chi connectivity index (χ0n) is 17.0. The molecule has 2 heterocycles. The summed E-state index contributed by atoms with van der Waals surface area (Å²) < 4.78 is 21.3. The maximum atomic E-state index is 10.6. The van der Waals surface area contributed by atoms with Crippen molar-refractivity contribution < 1.29 is 14.2 Å². The van der Waals surface area contributed by atoms with Crippen LogP contribution in [0.3, 0.4) is 0 Å². The number of anilines is 2. The molecule has 0 saturated carbocycles. The maximum absolute atomic E-state index is 10.6. The zero-order valence-corrected chi connectivity index (χ0v) is 17.8. The van der Waals surface area contributed by atoms with Gasteiger partial charge in [0.1, 0.15) is 5.82 Å². The van der Waals surface area contributed by atoms with Gasteiger partial charge < -0.3 is 21.1 Å². The van der Waals surface area contributed by atoms with E-state index < -0.39 is 10.6 Å². The molecular formula is C22H28N4O3S. The molecule has 0 bridgehead atoms. The smallest absolute Gasteiger partial charge is 0.131 e. The highest BCUT2D eigenvalue weighted by molar-refractivity contribution is 8.24. The molecule has 1 atom stereocenters. The fourth-order valence-electron chi connectivity index (χ4n) is 3.72. The van der Waals surface area contributed by atoms with E-state index in [4.69, 9.17) is 10.7 Å². The second-order valence-electron chi connectivity index (χ2n) is 7.77. The number of fused-ring (bicyclic) bond motifs is 2. The first kappa shape index (κ1) is 20.9. The normalized spacial score (nSPS) is 17.8. The lowest BCUT2D eigenvalue weighted by molar-refractivity contribution is 0.270. The molecule has 0 aliphatic carbocycles. The van der Waals surface area contributed by atoms with Crippen LogP contribution in [-0.2, 0) is 6.54 Å². The molecule has 0 unspecified atom stereocenters. The van der Waals surface area contributed by atoms with Gasteiger partial charge in [-0.1, -0.05) is 29.8 Å². The van der Waals surface area contributed by atoms with Gasteiger partial charge in [-0.15, -0.1) is 0 Å². The third-order valence-electron chi connectivity index (χ3n) is 5.40.